The van der Waals surface area contributed by atoms with E-state index in [-0.39, 0.29) is 5.75 Å². The second kappa shape index (κ2) is 5.73. The number of halogens is 3. The monoisotopic (exact) mass is 303 g/mol. The predicted octanol–water partition coefficient (Wildman–Crippen LogP) is 2.77. The first-order valence-corrected chi connectivity index (χ1v) is 6.85. The maximum absolute atomic E-state index is 14.0. The summed E-state index contributed by atoms with van der Waals surface area (Å²) in [4.78, 5) is 1.86. The largest absolute Gasteiger partial charge is 0.435 e. The second-order valence-corrected chi connectivity index (χ2v) is 5.09. The van der Waals surface area contributed by atoms with Crippen molar-refractivity contribution in [1.29, 1.82) is 0 Å². The number of hydrogen-bond acceptors (Lipinski definition) is 4. The number of piperidine rings is 1. The first-order valence-electron chi connectivity index (χ1n) is 6.85. The third-order valence-electron chi connectivity index (χ3n) is 3.82. The van der Waals surface area contributed by atoms with Crippen LogP contribution in [0, 0.1) is 5.82 Å². The molecule has 2 aliphatic rings. The van der Waals surface area contributed by atoms with Crippen LogP contribution in [0.15, 0.2) is 18.2 Å². The quantitative estimate of drug-likeness (QED) is 0.859. The summed E-state index contributed by atoms with van der Waals surface area (Å²) in [7, 11) is 0. The number of rotatable bonds is 3. The van der Waals surface area contributed by atoms with Gasteiger partial charge in [0.25, 0.3) is 0 Å². The molecule has 0 saturated carbocycles. The molecule has 1 aromatic rings. The van der Waals surface area contributed by atoms with E-state index in [9.17, 15) is 13.2 Å². The summed E-state index contributed by atoms with van der Waals surface area (Å²) in [5.74, 6) is -1.27. The Morgan fingerprint density at radius 3 is 2.38 bits per heavy atom. The lowest BCUT2D eigenvalue weighted by Crippen LogP contribution is -2.45. The van der Waals surface area contributed by atoms with Crippen LogP contribution in [0.4, 0.5) is 18.9 Å². The molecule has 2 heterocycles. The van der Waals surface area contributed by atoms with Crippen molar-refractivity contribution in [3.8, 4) is 5.75 Å². The fourth-order valence-corrected chi connectivity index (χ4v) is 2.79. The third-order valence-corrected chi connectivity index (χ3v) is 3.82. The van der Waals surface area contributed by atoms with Gasteiger partial charge in [0.15, 0.2) is 5.79 Å². The Bertz CT molecular complexity index is 496. The normalized spacial score (nSPS) is 21.2. The lowest BCUT2D eigenvalue weighted by atomic mass is 10.0. The topological polar surface area (TPSA) is 30.9 Å². The van der Waals surface area contributed by atoms with Gasteiger partial charge in [-0.15, -0.1) is 0 Å². The van der Waals surface area contributed by atoms with Crippen LogP contribution in [0.25, 0.3) is 0 Å². The summed E-state index contributed by atoms with van der Waals surface area (Å²) in [5, 5.41) is 0. The number of benzene rings is 1. The van der Waals surface area contributed by atoms with E-state index in [1.54, 1.807) is 0 Å². The van der Waals surface area contributed by atoms with E-state index in [2.05, 4.69) is 4.74 Å². The number of nitrogens with zero attached hydrogens (tertiary/aromatic N) is 1. The van der Waals surface area contributed by atoms with Gasteiger partial charge in [-0.2, -0.15) is 8.78 Å². The molecular weight excluding hydrogens is 287 g/mol. The Morgan fingerprint density at radius 1 is 1.14 bits per heavy atom. The Kier molecular flexibility index (Phi) is 3.95. The number of anilines is 1. The minimum Gasteiger partial charge on any atom is -0.435 e. The average Bonchev–Trinajstić information content (AvgIpc) is 2.88. The van der Waals surface area contributed by atoms with E-state index < -0.39 is 18.2 Å². The van der Waals surface area contributed by atoms with Crippen molar-refractivity contribution in [1.82, 2.24) is 0 Å². The van der Waals surface area contributed by atoms with Crippen LogP contribution >= 0.6 is 0 Å². The van der Waals surface area contributed by atoms with Gasteiger partial charge in [0.2, 0.25) is 0 Å². The van der Waals surface area contributed by atoms with Crippen LogP contribution in [0.1, 0.15) is 12.8 Å². The summed E-state index contributed by atoms with van der Waals surface area (Å²) in [6, 6.07) is 3.79. The van der Waals surface area contributed by atoms with Crippen molar-refractivity contribution in [3.63, 3.8) is 0 Å². The number of alkyl halides is 2. The lowest BCUT2D eigenvalue weighted by molar-refractivity contribution is -0.169. The molecule has 3 rings (SSSR count). The minimum absolute atomic E-state index is 0.179. The lowest BCUT2D eigenvalue weighted by Gasteiger charge is -2.38. The first kappa shape index (κ1) is 14.5. The number of ether oxygens (including phenoxy) is 3. The van der Waals surface area contributed by atoms with Gasteiger partial charge in [0.1, 0.15) is 11.6 Å². The van der Waals surface area contributed by atoms with Gasteiger partial charge < -0.3 is 19.1 Å². The average molecular weight is 303 g/mol. The highest BCUT2D eigenvalue weighted by atomic mass is 19.3. The van der Waals surface area contributed by atoms with Crippen LogP contribution in [0.2, 0.25) is 0 Å². The first-order chi connectivity index (χ1) is 10.1. The fourth-order valence-electron chi connectivity index (χ4n) is 2.79. The van der Waals surface area contributed by atoms with Crippen LogP contribution in [-0.2, 0) is 9.47 Å². The maximum atomic E-state index is 14.0. The van der Waals surface area contributed by atoms with Crippen LogP contribution in [0.5, 0.6) is 5.75 Å². The molecule has 0 aromatic heterocycles. The van der Waals surface area contributed by atoms with Gasteiger partial charge in [0.05, 0.1) is 18.9 Å². The van der Waals surface area contributed by atoms with Crippen LogP contribution < -0.4 is 9.64 Å². The SMILES string of the molecule is Fc1cc(OC(F)F)ccc1N1CCC2(CC1)OCCO2. The molecule has 4 nitrogen and oxygen atoms in total. The minimum atomic E-state index is -2.96. The second-order valence-electron chi connectivity index (χ2n) is 5.09. The Hall–Kier alpha value is -1.47. The Balaban J connectivity index is 1.67. The van der Waals surface area contributed by atoms with Crippen LogP contribution in [0.3, 0.4) is 0 Å². The van der Waals surface area contributed by atoms with Crippen molar-refractivity contribution in [3.05, 3.63) is 24.0 Å². The Labute approximate surface area is 120 Å². The summed E-state index contributed by atoms with van der Waals surface area (Å²) >= 11 is 0. The molecule has 1 spiro atoms. The molecule has 2 aliphatic heterocycles. The summed E-state index contributed by atoms with van der Waals surface area (Å²) in [5.41, 5.74) is 0.379. The molecule has 1 aromatic carbocycles. The van der Waals surface area contributed by atoms with E-state index >= 15 is 0 Å². The summed E-state index contributed by atoms with van der Waals surface area (Å²) in [6.07, 6.45) is 1.31. The van der Waals surface area contributed by atoms with E-state index in [1.165, 1.54) is 12.1 Å². The number of hydrogen-bond donors (Lipinski definition) is 0. The molecule has 0 aliphatic carbocycles. The smallest absolute Gasteiger partial charge is 0.387 e. The molecule has 0 amide bonds. The molecular formula is C14H16F3NO3. The standard InChI is InChI=1S/C14H16F3NO3/c15-11-9-10(21-13(16)17)1-2-12(11)18-5-3-14(4-6-18)19-7-8-20-14/h1-2,9,13H,3-8H2. The summed E-state index contributed by atoms with van der Waals surface area (Å²) in [6.45, 7) is -0.596. The van der Waals surface area contributed by atoms with Crippen molar-refractivity contribution in [2.45, 2.75) is 25.2 Å². The molecule has 0 N–H and O–H groups in total. The van der Waals surface area contributed by atoms with Crippen LogP contribution in [-0.4, -0.2) is 38.7 Å². The highest BCUT2D eigenvalue weighted by Gasteiger charge is 2.40. The zero-order valence-electron chi connectivity index (χ0n) is 11.4. The van der Waals surface area contributed by atoms with Gasteiger partial charge in [-0.25, -0.2) is 4.39 Å². The molecule has 7 heteroatoms. The molecule has 0 unspecified atom stereocenters. The molecule has 116 valence electrons. The van der Waals surface area contributed by atoms with Crippen molar-refractivity contribution in [2.75, 3.05) is 31.2 Å². The maximum Gasteiger partial charge on any atom is 0.387 e. The molecule has 0 radical (unpaired) electrons. The molecule has 0 bridgehead atoms. The van der Waals surface area contributed by atoms with Gasteiger partial charge in [-0.05, 0) is 12.1 Å². The van der Waals surface area contributed by atoms with Gasteiger partial charge in [-0.3, -0.25) is 0 Å². The highest BCUT2D eigenvalue weighted by molar-refractivity contribution is 5.51. The van der Waals surface area contributed by atoms with E-state index in [0.717, 1.165) is 6.07 Å². The van der Waals surface area contributed by atoms with Crippen molar-refractivity contribution >= 4 is 5.69 Å². The van der Waals surface area contributed by atoms with Crippen molar-refractivity contribution < 1.29 is 27.4 Å². The molecule has 2 fully saturated rings. The summed E-state index contributed by atoms with van der Waals surface area (Å²) < 4.78 is 53.6. The zero-order chi connectivity index (χ0) is 14.9. The molecule has 0 atom stereocenters. The molecule has 2 saturated heterocycles. The van der Waals surface area contributed by atoms with Gasteiger partial charge in [-0.1, -0.05) is 0 Å². The molecule has 21 heavy (non-hydrogen) atoms. The zero-order valence-corrected chi connectivity index (χ0v) is 11.4. The van der Waals surface area contributed by atoms with E-state index in [1.807, 2.05) is 4.90 Å². The Morgan fingerprint density at radius 2 is 1.81 bits per heavy atom. The van der Waals surface area contributed by atoms with Gasteiger partial charge >= 0.3 is 6.61 Å². The third kappa shape index (κ3) is 3.08. The van der Waals surface area contributed by atoms with E-state index in [0.29, 0.717) is 44.8 Å². The van der Waals surface area contributed by atoms with E-state index in [4.69, 9.17) is 9.47 Å². The van der Waals surface area contributed by atoms with Gasteiger partial charge in [0, 0.05) is 32.0 Å². The highest BCUT2D eigenvalue weighted by Crippen LogP contribution is 2.34. The van der Waals surface area contributed by atoms with Crippen molar-refractivity contribution in [2.24, 2.45) is 0 Å². The predicted molar refractivity (Wildman–Crippen MR) is 69.1 cm³/mol. The fraction of sp³-hybridized carbons (Fsp3) is 0.571.